The highest BCUT2D eigenvalue weighted by Gasteiger charge is 2.73. The van der Waals surface area contributed by atoms with E-state index in [0.29, 0.717) is 28.7 Å². The zero-order valence-corrected chi connectivity index (χ0v) is 20.8. The van der Waals surface area contributed by atoms with Crippen molar-refractivity contribution >= 4 is 23.1 Å². The van der Waals surface area contributed by atoms with Crippen molar-refractivity contribution < 1.29 is 14.9 Å². The van der Waals surface area contributed by atoms with E-state index in [1.54, 1.807) is 10.6 Å². The summed E-state index contributed by atoms with van der Waals surface area (Å²) in [7, 11) is 0. The van der Waals surface area contributed by atoms with E-state index in [1.807, 2.05) is 30.3 Å². The molecule has 5 atom stereocenters. The smallest absolute Gasteiger partial charge is 0.262 e. The van der Waals surface area contributed by atoms with Gasteiger partial charge in [0, 0.05) is 18.2 Å². The Morgan fingerprint density at radius 3 is 2.81 bits per heavy atom. The average molecular weight is 504 g/mol. The number of piperidine rings is 1. The number of nitrogens with zero attached hydrogens (tertiary/aromatic N) is 2. The van der Waals surface area contributed by atoms with Gasteiger partial charge in [-0.2, -0.15) is 0 Å². The summed E-state index contributed by atoms with van der Waals surface area (Å²) in [6.45, 7) is 1.91. The summed E-state index contributed by atoms with van der Waals surface area (Å²) >= 11 is 5.73. The molecule has 8 rings (SSSR count). The number of rotatable bonds is 3. The number of phenolic OH excluding ortho intramolecular Hbond substituents is 1. The predicted molar refractivity (Wildman–Crippen MR) is 137 cm³/mol. The molecule has 186 valence electrons. The van der Waals surface area contributed by atoms with Crippen molar-refractivity contribution in [3.63, 3.8) is 0 Å². The second kappa shape index (κ2) is 7.00. The molecule has 1 saturated heterocycles. The summed E-state index contributed by atoms with van der Waals surface area (Å²) < 4.78 is 8.69. The molecule has 1 aromatic heterocycles. The second-order valence-corrected chi connectivity index (χ2v) is 11.9. The van der Waals surface area contributed by atoms with Gasteiger partial charge in [0.05, 0.1) is 28.0 Å². The number of ether oxygens (including phenoxy) is 1. The number of hydrogen-bond acceptors (Lipinski definition) is 6. The first-order chi connectivity index (χ1) is 17.4. The monoisotopic (exact) mass is 503 g/mol. The highest BCUT2D eigenvalue weighted by atomic mass is 32.1. The maximum absolute atomic E-state index is 13.8. The summed E-state index contributed by atoms with van der Waals surface area (Å²) in [6, 6.07) is 10.8. The molecule has 3 aromatic rings. The first-order valence-corrected chi connectivity index (χ1v) is 13.6. The molecule has 36 heavy (non-hydrogen) atoms. The van der Waals surface area contributed by atoms with Crippen LogP contribution >= 0.6 is 12.2 Å². The number of aromatic amines is 1. The summed E-state index contributed by atoms with van der Waals surface area (Å²) in [4.78, 5) is 19.5. The number of H-pyrrole nitrogens is 1. The van der Waals surface area contributed by atoms with Gasteiger partial charge in [-0.05, 0) is 87.0 Å². The van der Waals surface area contributed by atoms with Crippen LogP contribution in [0.15, 0.2) is 41.2 Å². The lowest BCUT2D eigenvalue weighted by Crippen LogP contribution is -2.76. The summed E-state index contributed by atoms with van der Waals surface area (Å²) in [5, 5.41) is 24.1. The molecule has 2 bridgehead atoms. The molecule has 2 aromatic carbocycles. The first kappa shape index (κ1) is 21.4. The van der Waals surface area contributed by atoms with E-state index in [2.05, 4.69) is 9.88 Å². The molecule has 3 aliphatic carbocycles. The summed E-state index contributed by atoms with van der Waals surface area (Å²) in [5.74, 6) is 1.33. The van der Waals surface area contributed by atoms with Crippen molar-refractivity contribution in [3.05, 3.63) is 62.6 Å². The maximum atomic E-state index is 13.8. The lowest BCUT2D eigenvalue weighted by molar-refractivity contribution is -0.196. The molecule has 7 nitrogen and oxygen atoms in total. The third-order valence-electron chi connectivity index (χ3n) is 9.90. The van der Waals surface area contributed by atoms with Crippen LogP contribution in [0.5, 0.6) is 11.5 Å². The van der Waals surface area contributed by atoms with Crippen LogP contribution in [-0.2, 0) is 11.8 Å². The van der Waals surface area contributed by atoms with Crippen molar-refractivity contribution in [2.24, 2.45) is 5.92 Å². The molecular formula is C28H29N3O4S. The lowest BCUT2D eigenvalue weighted by Gasteiger charge is -2.64. The van der Waals surface area contributed by atoms with Gasteiger partial charge >= 0.3 is 0 Å². The average Bonchev–Trinajstić information content (AvgIpc) is 3.60. The molecule has 8 heteroatoms. The standard InChI is InChI=1S/C28H29N3O4S/c32-20-8-7-16-13-21-28(34)10-9-19(31-25(33)17-3-1-2-4-18(17)29-26(31)36)24-27(28,22(16)23(20)35-24)11-12-30(21)14-15-5-6-15/h1-4,7-8,15,19,21,24,32,34H,5-6,9-14H2,(H,29,36)/t19-,21-,24+,27+,28?/m1/s1. The van der Waals surface area contributed by atoms with Gasteiger partial charge in [0.15, 0.2) is 16.3 Å². The first-order valence-electron chi connectivity index (χ1n) is 13.1. The largest absolute Gasteiger partial charge is 0.504 e. The molecule has 1 unspecified atom stereocenters. The van der Waals surface area contributed by atoms with Crippen LogP contribution in [0.25, 0.3) is 10.9 Å². The topological polar surface area (TPSA) is 90.7 Å². The molecule has 3 heterocycles. The Kier molecular flexibility index (Phi) is 4.16. The molecule has 3 N–H and O–H groups in total. The molecule has 0 amide bonds. The van der Waals surface area contributed by atoms with E-state index >= 15 is 0 Å². The number of benzene rings is 2. The van der Waals surface area contributed by atoms with Crippen molar-refractivity contribution in [2.75, 3.05) is 13.1 Å². The van der Waals surface area contributed by atoms with E-state index in [-0.39, 0.29) is 23.4 Å². The molecule has 0 radical (unpaired) electrons. The van der Waals surface area contributed by atoms with E-state index in [0.717, 1.165) is 48.5 Å². The number of hydrogen-bond donors (Lipinski definition) is 3. The number of nitrogens with one attached hydrogen (secondary N) is 1. The number of aliphatic hydroxyl groups is 1. The van der Waals surface area contributed by atoms with Gasteiger partial charge < -0.3 is 19.9 Å². The summed E-state index contributed by atoms with van der Waals surface area (Å²) in [6.07, 6.45) is 4.69. The lowest BCUT2D eigenvalue weighted by atomic mass is 9.48. The second-order valence-electron chi connectivity index (χ2n) is 11.5. The van der Waals surface area contributed by atoms with Gasteiger partial charge in [-0.1, -0.05) is 18.2 Å². The molecule has 5 aliphatic rings. The Morgan fingerprint density at radius 2 is 1.97 bits per heavy atom. The van der Waals surface area contributed by atoms with Gasteiger partial charge in [-0.3, -0.25) is 14.3 Å². The van der Waals surface area contributed by atoms with Crippen molar-refractivity contribution in [1.29, 1.82) is 0 Å². The van der Waals surface area contributed by atoms with E-state index in [9.17, 15) is 15.0 Å². The third kappa shape index (κ3) is 2.50. The van der Waals surface area contributed by atoms with Crippen LogP contribution in [0.3, 0.4) is 0 Å². The number of aromatic nitrogens is 2. The zero-order chi connectivity index (χ0) is 24.4. The Balaban J connectivity index is 1.34. The highest BCUT2D eigenvalue weighted by Crippen LogP contribution is 2.67. The Hall–Kier alpha value is -2.68. The molecule has 2 aliphatic heterocycles. The predicted octanol–water partition coefficient (Wildman–Crippen LogP) is 3.57. The maximum Gasteiger partial charge on any atom is 0.262 e. The number of para-hydroxylation sites is 1. The number of likely N-dealkylation sites (tertiary alicyclic amines) is 1. The number of phenols is 1. The zero-order valence-electron chi connectivity index (χ0n) is 19.9. The van der Waals surface area contributed by atoms with Crippen LogP contribution in [-0.4, -0.2) is 55.5 Å². The molecular weight excluding hydrogens is 474 g/mol. The van der Waals surface area contributed by atoms with Gasteiger partial charge in [-0.25, -0.2) is 0 Å². The normalized spacial score (nSPS) is 34.4. The van der Waals surface area contributed by atoms with Crippen LogP contribution in [0, 0.1) is 10.7 Å². The van der Waals surface area contributed by atoms with Crippen molar-refractivity contribution in [1.82, 2.24) is 14.5 Å². The van der Waals surface area contributed by atoms with Crippen molar-refractivity contribution in [3.8, 4) is 11.5 Å². The molecule has 2 saturated carbocycles. The minimum Gasteiger partial charge on any atom is -0.504 e. The summed E-state index contributed by atoms with van der Waals surface area (Å²) in [5.41, 5.74) is 1.02. The highest BCUT2D eigenvalue weighted by molar-refractivity contribution is 7.71. The van der Waals surface area contributed by atoms with Crippen LogP contribution in [0.2, 0.25) is 0 Å². The fourth-order valence-corrected chi connectivity index (χ4v) is 8.53. The van der Waals surface area contributed by atoms with Gasteiger partial charge in [-0.15, -0.1) is 0 Å². The molecule has 1 spiro atoms. The van der Waals surface area contributed by atoms with Gasteiger partial charge in [0.25, 0.3) is 5.56 Å². The minimum absolute atomic E-state index is 0.00440. The van der Waals surface area contributed by atoms with Gasteiger partial charge in [0.2, 0.25) is 0 Å². The third-order valence-corrected chi connectivity index (χ3v) is 10.2. The SMILES string of the molecule is O=c1c2ccccc2[nH]c(=S)n1[C@@H]1CCC2(O)[C@H]3Cc4ccc(O)c5c4[C@@]2(CCN3CC2CC2)[C@H]1O5. The van der Waals surface area contributed by atoms with Gasteiger partial charge in [0.1, 0.15) is 6.10 Å². The number of aromatic hydroxyl groups is 1. The molecule has 3 fully saturated rings. The fraction of sp³-hybridized carbons (Fsp3) is 0.500. The van der Waals surface area contributed by atoms with E-state index in [1.165, 1.54) is 12.8 Å². The van der Waals surface area contributed by atoms with Crippen molar-refractivity contribution in [2.45, 2.75) is 67.7 Å². The van der Waals surface area contributed by atoms with E-state index < -0.39 is 17.1 Å². The number of fused-ring (bicyclic) bond motifs is 1. The minimum atomic E-state index is -0.987. The Bertz CT molecular complexity index is 1560. The quantitative estimate of drug-likeness (QED) is 0.474. The van der Waals surface area contributed by atoms with E-state index in [4.69, 9.17) is 17.0 Å². The van der Waals surface area contributed by atoms with Crippen LogP contribution in [0.4, 0.5) is 0 Å². The Morgan fingerprint density at radius 1 is 1.14 bits per heavy atom. The van der Waals surface area contributed by atoms with Crippen LogP contribution < -0.4 is 10.3 Å². The Labute approximate surface area is 213 Å². The van der Waals surface area contributed by atoms with Crippen LogP contribution in [0.1, 0.15) is 49.3 Å². The fourth-order valence-electron chi connectivity index (χ4n) is 8.20.